The van der Waals surface area contributed by atoms with Crippen molar-refractivity contribution in [2.45, 2.75) is 33.2 Å². The standard InChI is InChI=1S/C18H23N5S/c1-13-5-7-15(8-6-13)12-19-18(24)22-17-20-14(2)11-16(21-17)23-9-3-4-10-23/h5-8,11H,3-4,9-10,12H2,1-2H3,(H2,19,20,21,22,24). The zero-order valence-corrected chi connectivity index (χ0v) is 15.0. The van der Waals surface area contributed by atoms with Crippen LogP contribution < -0.4 is 15.5 Å². The van der Waals surface area contributed by atoms with Gasteiger partial charge in [0.15, 0.2) is 5.11 Å². The molecule has 2 aromatic rings. The first-order valence-corrected chi connectivity index (χ1v) is 8.72. The van der Waals surface area contributed by atoms with E-state index in [9.17, 15) is 0 Å². The van der Waals surface area contributed by atoms with Gasteiger partial charge in [0.25, 0.3) is 0 Å². The van der Waals surface area contributed by atoms with E-state index in [0.717, 1.165) is 24.6 Å². The van der Waals surface area contributed by atoms with Crippen LogP contribution in [0, 0.1) is 13.8 Å². The molecule has 24 heavy (non-hydrogen) atoms. The first-order valence-electron chi connectivity index (χ1n) is 8.31. The second-order valence-corrected chi connectivity index (χ2v) is 6.59. The van der Waals surface area contributed by atoms with Gasteiger partial charge in [-0.3, -0.25) is 0 Å². The molecule has 0 amide bonds. The van der Waals surface area contributed by atoms with Gasteiger partial charge in [-0.2, -0.15) is 4.98 Å². The van der Waals surface area contributed by atoms with Crippen LogP contribution in [0.4, 0.5) is 11.8 Å². The van der Waals surface area contributed by atoms with E-state index in [1.54, 1.807) is 0 Å². The van der Waals surface area contributed by atoms with Gasteiger partial charge in [-0.15, -0.1) is 0 Å². The number of thiocarbonyl (C=S) groups is 1. The van der Waals surface area contributed by atoms with Crippen LogP contribution >= 0.6 is 12.2 Å². The molecule has 1 aliphatic rings. The predicted octanol–water partition coefficient (Wildman–Crippen LogP) is 3.18. The maximum absolute atomic E-state index is 5.37. The summed E-state index contributed by atoms with van der Waals surface area (Å²) in [5.41, 5.74) is 3.38. The van der Waals surface area contributed by atoms with E-state index in [0.29, 0.717) is 17.6 Å². The van der Waals surface area contributed by atoms with Crippen molar-refractivity contribution in [3.05, 3.63) is 47.2 Å². The number of aryl methyl sites for hydroxylation is 2. The van der Waals surface area contributed by atoms with E-state index in [2.05, 4.69) is 56.7 Å². The van der Waals surface area contributed by atoms with Crippen LogP contribution in [0.15, 0.2) is 30.3 Å². The molecule has 0 spiro atoms. The molecule has 3 rings (SSSR count). The van der Waals surface area contributed by atoms with Crippen molar-refractivity contribution in [2.24, 2.45) is 0 Å². The van der Waals surface area contributed by atoms with E-state index in [1.165, 1.54) is 24.0 Å². The van der Waals surface area contributed by atoms with Crippen molar-refractivity contribution >= 4 is 29.1 Å². The van der Waals surface area contributed by atoms with E-state index < -0.39 is 0 Å². The third kappa shape index (κ3) is 4.41. The normalized spacial score (nSPS) is 13.8. The number of hydrogen-bond donors (Lipinski definition) is 2. The van der Waals surface area contributed by atoms with Crippen LogP contribution in [0.2, 0.25) is 0 Å². The predicted molar refractivity (Wildman–Crippen MR) is 102 cm³/mol. The number of benzene rings is 1. The summed E-state index contributed by atoms with van der Waals surface area (Å²) in [6, 6.07) is 10.4. The summed E-state index contributed by atoms with van der Waals surface area (Å²) >= 11 is 5.37. The average molecular weight is 341 g/mol. The molecule has 1 fully saturated rings. The first kappa shape index (κ1) is 16.6. The molecule has 1 aromatic heterocycles. The Balaban J connectivity index is 1.60. The third-order valence-corrected chi connectivity index (χ3v) is 4.32. The molecule has 2 heterocycles. The van der Waals surface area contributed by atoms with Crippen molar-refractivity contribution in [2.75, 3.05) is 23.3 Å². The van der Waals surface area contributed by atoms with E-state index in [-0.39, 0.29) is 0 Å². The molecular formula is C18H23N5S. The molecule has 6 heteroatoms. The van der Waals surface area contributed by atoms with Gasteiger partial charge >= 0.3 is 0 Å². The molecule has 1 aromatic carbocycles. The highest BCUT2D eigenvalue weighted by molar-refractivity contribution is 7.80. The summed E-state index contributed by atoms with van der Waals surface area (Å²) in [6.07, 6.45) is 2.45. The maximum Gasteiger partial charge on any atom is 0.231 e. The molecule has 2 N–H and O–H groups in total. The van der Waals surface area contributed by atoms with Crippen LogP contribution in [0.25, 0.3) is 0 Å². The lowest BCUT2D eigenvalue weighted by molar-refractivity contribution is 0.911. The number of hydrogen-bond acceptors (Lipinski definition) is 4. The van der Waals surface area contributed by atoms with Crippen LogP contribution in [-0.2, 0) is 6.54 Å². The molecule has 1 aliphatic heterocycles. The van der Waals surface area contributed by atoms with Gasteiger partial charge in [-0.1, -0.05) is 29.8 Å². The van der Waals surface area contributed by atoms with Crippen molar-refractivity contribution in [1.29, 1.82) is 0 Å². The van der Waals surface area contributed by atoms with Crippen LogP contribution in [0.5, 0.6) is 0 Å². The van der Waals surface area contributed by atoms with Gasteiger partial charge in [-0.05, 0) is 44.5 Å². The number of aromatic nitrogens is 2. The Labute approximate surface area is 148 Å². The molecule has 0 radical (unpaired) electrons. The van der Waals surface area contributed by atoms with Crippen molar-refractivity contribution < 1.29 is 0 Å². The summed E-state index contributed by atoms with van der Waals surface area (Å²) in [7, 11) is 0. The Hall–Kier alpha value is -2.21. The second-order valence-electron chi connectivity index (χ2n) is 6.18. The minimum Gasteiger partial charge on any atom is -0.358 e. The van der Waals surface area contributed by atoms with Crippen LogP contribution in [0.1, 0.15) is 29.7 Å². The van der Waals surface area contributed by atoms with Gasteiger partial charge in [0.1, 0.15) is 5.82 Å². The zero-order valence-electron chi connectivity index (χ0n) is 14.2. The Bertz CT molecular complexity index is 708. The van der Waals surface area contributed by atoms with Crippen molar-refractivity contribution in [3.8, 4) is 0 Å². The maximum atomic E-state index is 5.37. The SMILES string of the molecule is Cc1ccc(CNC(=S)Nc2nc(C)cc(N3CCCC3)n2)cc1. The first-order chi connectivity index (χ1) is 11.6. The van der Waals surface area contributed by atoms with Gasteiger partial charge in [0, 0.05) is 31.4 Å². The minimum absolute atomic E-state index is 0.536. The summed E-state index contributed by atoms with van der Waals surface area (Å²) in [6.45, 7) is 6.86. The molecule has 5 nitrogen and oxygen atoms in total. The molecule has 1 saturated heterocycles. The third-order valence-electron chi connectivity index (χ3n) is 4.07. The van der Waals surface area contributed by atoms with Gasteiger partial charge in [0.05, 0.1) is 0 Å². The fourth-order valence-electron chi connectivity index (χ4n) is 2.75. The topological polar surface area (TPSA) is 53.1 Å². The highest BCUT2D eigenvalue weighted by Crippen LogP contribution is 2.19. The largest absolute Gasteiger partial charge is 0.358 e. The molecule has 0 unspecified atom stereocenters. The highest BCUT2D eigenvalue weighted by Gasteiger charge is 2.15. The van der Waals surface area contributed by atoms with Crippen LogP contribution in [-0.4, -0.2) is 28.2 Å². The monoisotopic (exact) mass is 341 g/mol. The van der Waals surface area contributed by atoms with Crippen molar-refractivity contribution in [3.63, 3.8) is 0 Å². The molecule has 126 valence electrons. The smallest absolute Gasteiger partial charge is 0.231 e. The molecule has 0 saturated carbocycles. The van der Waals surface area contributed by atoms with E-state index in [1.807, 2.05) is 13.0 Å². The Morgan fingerprint density at radius 3 is 2.54 bits per heavy atom. The zero-order chi connectivity index (χ0) is 16.9. The fourth-order valence-corrected chi connectivity index (χ4v) is 2.91. The Morgan fingerprint density at radius 2 is 1.83 bits per heavy atom. The fraction of sp³-hybridized carbons (Fsp3) is 0.389. The Morgan fingerprint density at radius 1 is 1.12 bits per heavy atom. The molecule has 0 bridgehead atoms. The van der Waals surface area contributed by atoms with Gasteiger partial charge in [0.2, 0.25) is 5.95 Å². The number of nitrogens with zero attached hydrogens (tertiary/aromatic N) is 3. The molecular weight excluding hydrogens is 318 g/mol. The average Bonchev–Trinajstić information content (AvgIpc) is 3.08. The number of anilines is 2. The summed E-state index contributed by atoms with van der Waals surface area (Å²) in [5.74, 6) is 1.53. The summed E-state index contributed by atoms with van der Waals surface area (Å²) in [4.78, 5) is 11.3. The lowest BCUT2D eigenvalue weighted by atomic mass is 10.1. The van der Waals surface area contributed by atoms with E-state index in [4.69, 9.17) is 12.2 Å². The second kappa shape index (κ2) is 7.57. The lowest BCUT2D eigenvalue weighted by Gasteiger charge is -2.18. The summed E-state index contributed by atoms with van der Waals surface area (Å²) in [5, 5.41) is 6.84. The Kier molecular flexibility index (Phi) is 5.25. The summed E-state index contributed by atoms with van der Waals surface area (Å²) < 4.78 is 0. The molecule has 0 atom stereocenters. The number of rotatable bonds is 4. The quantitative estimate of drug-likeness (QED) is 0.833. The molecule has 0 aliphatic carbocycles. The lowest BCUT2D eigenvalue weighted by Crippen LogP contribution is -2.29. The van der Waals surface area contributed by atoms with E-state index >= 15 is 0 Å². The van der Waals surface area contributed by atoms with Crippen LogP contribution in [0.3, 0.4) is 0 Å². The minimum atomic E-state index is 0.536. The number of nitrogens with one attached hydrogen (secondary N) is 2. The van der Waals surface area contributed by atoms with Gasteiger partial charge in [-0.25, -0.2) is 4.98 Å². The van der Waals surface area contributed by atoms with Gasteiger partial charge < -0.3 is 15.5 Å². The van der Waals surface area contributed by atoms with Crippen molar-refractivity contribution in [1.82, 2.24) is 15.3 Å². The highest BCUT2D eigenvalue weighted by atomic mass is 32.1.